The topological polar surface area (TPSA) is 26.0 Å². The van der Waals surface area contributed by atoms with Crippen molar-refractivity contribution in [1.82, 2.24) is 4.98 Å². The molecule has 80 valence electrons. The SMILES string of the molecule is Cc1cc2c(C)c3ccc(Cl)cc3nc2o1. The number of pyridine rings is 1. The van der Waals surface area contributed by atoms with Crippen LogP contribution in [0.25, 0.3) is 22.0 Å². The van der Waals surface area contributed by atoms with Crippen molar-refractivity contribution in [2.75, 3.05) is 0 Å². The summed E-state index contributed by atoms with van der Waals surface area (Å²) >= 11 is 5.96. The monoisotopic (exact) mass is 231 g/mol. The summed E-state index contributed by atoms with van der Waals surface area (Å²) in [5, 5.41) is 2.90. The lowest BCUT2D eigenvalue weighted by Gasteiger charge is -2.02. The van der Waals surface area contributed by atoms with Crippen LogP contribution >= 0.6 is 11.6 Å². The molecule has 0 spiro atoms. The lowest BCUT2D eigenvalue weighted by atomic mass is 10.1. The maximum atomic E-state index is 5.96. The number of hydrogen-bond acceptors (Lipinski definition) is 2. The third-order valence-electron chi connectivity index (χ3n) is 2.83. The zero-order chi connectivity index (χ0) is 11.3. The highest BCUT2D eigenvalue weighted by Crippen LogP contribution is 2.28. The Bertz CT molecular complexity index is 700. The normalized spacial score (nSPS) is 11.4. The van der Waals surface area contributed by atoms with Gasteiger partial charge in [-0.05, 0) is 37.6 Å². The second-order valence-electron chi connectivity index (χ2n) is 3.97. The van der Waals surface area contributed by atoms with E-state index in [0.717, 1.165) is 22.0 Å². The molecule has 0 atom stereocenters. The van der Waals surface area contributed by atoms with Crippen molar-refractivity contribution in [2.45, 2.75) is 13.8 Å². The molecule has 0 saturated heterocycles. The van der Waals surface area contributed by atoms with Gasteiger partial charge in [0.15, 0.2) is 0 Å². The molecular weight excluding hydrogens is 222 g/mol. The van der Waals surface area contributed by atoms with E-state index in [1.165, 1.54) is 5.56 Å². The first-order valence-corrected chi connectivity index (χ1v) is 5.49. The van der Waals surface area contributed by atoms with Gasteiger partial charge in [-0.3, -0.25) is 0 Å². The van der Waals surface area contributed by atoms with E-state index in [1.807, 2.05) is 31.2 Å². The first kappa shape index (κ1) is 9.67. The lowest BCUT2D eigenvalue weighted by Crippen LogP contribution is -1.84. The summed E-state index contributed by atoms with van der Waals surface area (Å²) in [6, 6.07) is 7.77. The number of aromatic nitrogens is 1. The van der Waals surface area contributed by atoms with E-state index in [4.69, 9.17) is 16.0 Å². The van der Waals surface area contributed by atoms with Crippen LogP contribution in [0.3, 0.4) is 0 Å². The number of benzene rings is 1. The molecule has 0 fully saturated rings. The first-order valence-electron chi connectivity index (χ1n) is 5.11. The van der Waals surface area contributed by atoms with Crippen LogP contribution in [-0.4, -0.2) is 4.98 Å². The van der Waals surface area contributed by atoms with E-state index >= 15 is 0 Å². The molecule has 1 aromatic carbocycles. The Morgan fingerprint density at radius 1 is 1.12 bits per heavy atom. The Kier molecular flexibility index (Phi) is 1.95. The van der Waals surface area contributed by atoms with E-state index < -0.39 is 0 Å². The summed E-state index contributed by atoms with van der Waals surface area (Å²) in [6.07, 6.45) is 0. The quantitative estimate of drug-likeness (QED) is 0.578. The van der Waals surface area contributed by atoms with Crippen LogP contribution in [0, 0.1) is 13.8 Å². The molecule has 0 aliphatic heterocycles. The van der Waals surface area contributed by atoms with Crippen LogP contribution < -0.4 is 0 Å². The van der Waals surface area contributed by atoms with Gasteiger partial charge in [0.25, 0.3) is 0 Å². The van der Waals surface area contributed by atoms with Crippen LogP contribution in [0.2, 0.25) is 5.02 Å². The van der Waals surface area contributed by atoms with Gasteiger partial charge in [-0.2, -0.15) is 0 Å². The van der Waals surface area contributed by atoms with E-state index in [0.29, 0.717) is 10.7 Å². The number of rotatable bonds is 0. The summed E-state index contributed by atoms with van der Waals surface area (Å²) < 4.78 is 5.54. The molecule has 2 aromatic heterocycles. The summed E-state index contributed by atoms with van der Waals surface area (Å²) in [5.41, 5.74) is 2.75. The molecule has 0 N–H and O–H groups in total. The van der Waals surface area contributed by atoms with Crippen molar-refractivity contribution in [3.05, 3.63) is 40.6 Å². The number of nitrogens with zero attached hydrogens (tertiary/aromatic N) is 1. The maximum absolute atomic E-state index is 5.96. The Morgan fingerprint density at radius 3 is 2.75 bits per heavy atom. The number of aryl methyl sites for hydroxylation is 2. The van der Waals surface area contributed by atoms with Gasteiger partial charge in [0.1, 0.15) is 5.76 Å². The molecule has 0 aliphatic rings. The highest BCUT2D eigenvalue weighted by atomic mass is 35.5. The third kappa shape index (κ3) is 1.30. The average molecular weight is 232 g/mol. The molecular formula is C13H10ClNO. The molecule has 3 rings (SSSR count). The Labute approximate surface area is 97.8 Å². The average Bonchev–Trinajstić information content (AvgIpc) is 2.59. The van der Waals surface area contributed by atoms with Gasteiger partial charge in [0.2, 0.25) is 5.71 Å². The largest absolute Gasteiger partial charge is 0.443 e. The third-order valence-corrected chi connectivity index (χ3v) is 3.06. The highest BCUT2D eigenvalue weighted by molar-refractivity contribution is 6.31. The van der Waals surface area contributed by atoms with Crippen LogP contribution in [-0.2, 0) is 0 Å². The molecule has 2 heterocycles. The second kappa shape index (κ2) is 3.22. The molecule has 0 aliphatic carbocycles. The molecule has 0 bridgehead atoms. The molecule has 3 heteroatoms. The number of hydrogen-bond donors (Lipinski definition) is 0. The fourth-order valence-electron chi connectivity index (χ4n) is 2.02. The van der Waals surface area contributed by atoms with Crippen LogP contribution in [0.15, 0.2) is 28.7 Å². The summed E-state index contributed by atoms with van der Waals surface area (Å²) in [5.74, 6) is 0.881. The number of fused-ring (bicyclic) bond motifs is 2. The van der Waals surface area contributed by atoms with Crippen molar-refractivity contribution in [3.8, 4) is 0 Å². The van der Waals surface area contributed by atoms with Gasteiger partial charge in [0, 0.05) is 15.8 Å². The molecule has 16 heavy (non-hydrogen) atoms. The van der Waals surface area contributed by atoms with Gasteiger partial charge in [0.05, 0.1) is 5.52 Å². The van der Waals surface area contributed by atoms with Crippen molar-refractivity contribution >= 4 is 33.6 Å². The van der Waals surface area contributed by atoms with Crippen LogP contribution in [0.4, 0.5) is 0 Å². The zero-order valence-corrected chi connectivity index (χ0v) is 9.80. The van der Waals surface area contributed by atoms with Crippen molar-refractivity contribution in [1.29, 1.82) is 0 Å². The fraction of sp³-hybridized carbons (Fsp3) is 0.154. The minimum absolute atomic E-state index is 0.685. The van der Waals surface area contributed by atoms with E-state index in [-0.39, 0.29) is 0 Å². The van der Waals surface area contributed by atoms with Gasteiger partial charge >= 0.3 is 0 Å². The summed E-state index contributed by atoms with van der Waals surface area (Å²) in [4.78, 5) is 4.47. The van der Waals surface area contributed by atoms with Gasteiger partial charge in [-0.1, -0.05) is 17.7 Å². The summed E-state index contributed by atoms with van der Waals surface area (Å²) in [6.45, 7) is 4.01. The van der Waals surface area contributed by atoms with E-state index in [9.17, 15) is 0 Å². The number of furan rings is 1. The van der Waals surface area contributed by atoms with Gasteiger partial charge in [-0.15, -0.1) is 0 Å². The van der Waals surface area contributed by atoms with Crippen LogP contribution in [0.1, 0.15) is 11.3 Å². The minimum atomic E-state index is 0.685. The van der Waals surface area contributed by atoms with Gasteiger partial charge < -0.3 is 4.42 Å². The number of halogens is 1. The molecule has 0 amide bonds. The van der Waals surface area contributed by atoms with Crippen molar-refractivity contribution in [3.63, 3.8) is 0 Å². The Hall–Kier alpha value is -1.54. The lowest BCUT2D eigenvalue weighted by molar-refractivity contribution is 0.569. The van der Waals surface area contributed by atoms with Crippen molar-refractivity contribution in [2.24, 2.45) is 0 Å². The molecule has 0 radical (unpaired) electrons. The maximum Gasteiger partial charge on any atom is 0.227 e. The predicted molar refractivity (Wildman–Crippen MR) is 66.0 cm³/mol. The van der Waals surface area contributed by atoms with E-state index in [2.05, 4.69) is 11.9 Å². The molecule has 0 saturated carbocycles. The van der Waals surface area contributed by atoms with E-state index in [1.54, 1.807) is 0 Å². The fourth-order valence-corrected chi connectivity index (χ4v) is 2.19. The van der Waals surface area contributed by atoms with Crippen molar-refractivity contribution < 1.29 is 4.42 Å². The van der Waals surface area contributed by atoms with Crippen LogP contribution in [0.5, 0.6) is 0 Å². The minimum Gasteiger partial charge on any atom is -0.443 e. The second-order valence-corrected chi connectivity index (χ2v) is 4.41. The smallest absolute Gasteiger partial charge is 0.227 e. The molecule has 0 unspecified atom stereocenters. The first-order chi connectivity index (χ1) is 7.65. The summed E-state index contributed by atoms with van der Waals surface area (Å²) in [7, 11) is 0. The standard InChI is InChI=1S/C13H10ClNO/c1-7-5-11-8(2)10-4-3-9(14)6-12(10)15-13(11)16-7/h3-6H,1-2H3. The Balaban J connectivity index is 2.54. The molecule has 2 nitrogen and oxygen atoms in total. The molecule has 3 aromatic rings. The predicted octanol–water partition coefficient (Wildman–Crippen LogP) is 4.25. The highest BCUT2D eigenvalue weighted by Gasteiger charge is 2.09. The van der Waals surface area contributed by atoms with Gasteiger partial charge in [-0.25, -0.2) is 4.98 Å². The zero-order valence-electron chi connectivity index (χ0n) is 9.04. The Morgan fingerprint density at radius 2 is 1.94 bits per heavy atom.